The molecule has 1 saturated heterocycles. The molecule has 0 radical (unpaired) electrons. The highest BCUT2D eigenvalue weighted by Gasteiger charge is 2.34. The number of carbonyl (C=O) groups excluding carboxylic acids is 2. The quantitative estimate of drug-likeness (QED) is 0.181. The van der Waals surface area contributed by atoms with Gasteiger partial charge < -0.3 is 20.1 Å². The van der Waals surface area contributed by atoms with Crippen LogP contribution in [-0.4, -0.2) is 72.9 Å². The number of aromatic nitrogens is 1. The summed E-state index contributed by atoms with van der Waals surface area (Å²) in [4.78, 5) is 37.9. The molecule has 248 valence electrons. The predicted molar refractivity (Wildman–Crippen MR) is 192 cm³/mol. The highest BCUT2D eigenvalue weighted by Crippen LogP contribution is 2.33. The largest absolute Gasteiger partial charge is 0.361 e. The summed E-state index contributed by atoms with van der Waals surface area (Å²) in [5, 5.41) is 5.75. The first kappa shape index (κ1) is 33.5. The number of likely N-dealkylation sites (tertiary alicyclic amines) is 1. The lowest BCUT2D eigenvalue weighted by Gasteiger charge is -2.37. The molecule has 4 aromatic rings. The van der Waals surface area contributed by atoms with Gasteiger partial charge in [-0.1, -0.05) is 59.6 Å². The lowest BCUT2D eigenvalue weighted by Crippen LogP contribution is -2.53. The van der Waals surface area contributed by atoms with E-state index < -0.39 is 6.04 Å². The topological polar surface area (TPSA) is 71.7 Å². The molecular formula is C38H45Cl2N5O2. The maximum Gasteiger partial charge on any atom is 0.249 e. The van der Waals surface area contributed by atoms with E-state index in [9.17, 15) is 9.59 Å². The molecule has 2 N–H and O–H groups in total. The Balaban J connectivity index is 1.14. The second-order valence-corrected chi connectivity index (χ2v) is 14.4. The molecule has 0 bridgehead atoms. The van der Waals surface area contributed by atoms with Gasteiger partial charge in [0.2, 0.25) is 11.8 Å². The minimum Gasteiger partial charge on any atom is -0.361 e. The third kappa shape index (κ3) is 8.39. The summed E-state index contributed by atoms with van der Waals surface area (Å²) in [6.45, 7) is 4.29. The summed E-state index contributed by atoms with van der Waals surface area (Å²) in [6, 6.07) is 21.2. The Kier molecular flexibility index (Phi) is 10.9. The number of aromatic amines is 1. The van der Waals surface area contributed by atoms with Gasteiger partial charge in [-0.05, 0) is 112 Å². The van der Waals surface area contributed by atoms with Crippen LogP contribution in [0, 0.1) is 11.8 Å². The zero-order valence-corrected chi connectivity index (χ0v) is 28.9. The molecule has 3 aromatic carbocycles. The third-order valence-electron chi connectivity index (χ3n) is 9.74. The number of hydrogen-bond acceptors (Lipinski definition) is 4. The molecule has 0 unspecified atom stereocenters. The van der Waals surface area contributed by atoms with Gasteiger partial charge in [0.1, 0.15) is 6.04 Å². The van der Waals surface area contributed by atoms with Gasteiger partial charge in [-0.25, -0.2) is 0 Å². The first-order chi connectivity index (χ1) is 22.7. The summed E-state index contributed by atoms with van der Waals surface area (Å²) >= 11 is 12.8. The average molecular weight is 675 g/mol. The lowest BCUT2D eigenvalue weighted by atomic mass is 9.90. The minimum atomic E-state index is -0.694. The summed E-state index contributed by atoms with van der Waals surface area (Å²) < 4.78 is 0. The van der Waals surface area contributed by atoms with Crippen LogP contribution < -0.4 is 10.2 Å². The van der Waals surface area contributed by atoms with Crippen molar-refractivity contribution in [2.75, 3.05) is 45.2 Å². The molecule has 2 atom stereocenters. The monoisotopic (exact) mass is 673 g/mol. The number of nitrogens with zero attached hydrogens (tertiary/aromatic N) is 3. The van der Waals surface area contributed by atoms with E-state index in [2.05, 4.69) is 46.3 Å². The van der Waals surface area contributed by atoms with Crippen molar-refractivity contribution in [3.63, 3.8) is 0 Å². The van der Waals surface area contributed by atoms with E-state index in [-0.39, 0.29) is 17.7 Å². The van der Waals surface area contributed by atoms with Gasteiger partial charge >= 0.3 is 0 Å². The van der Waals surface area contributed by atoms with E-state index in [1.807, 2.05) is 65.7 Å². The number of benzene rings is 3. The van der Waals surface area contributed by atoms with Crippen molar-refractivity contribution in [3.8, 4) is 0 Å². The zero-order chi connectivity index (χ0) is 32.9. The Hall–Kier alpha value is -3.36. The Morgan fingerprint density at radius 2 is 1.74 bits per heavy atom. The Labute approximate surface area is 288 Å². The van der Waals surface area contributed by atoms with E-state index in [0.717, 1.165) is 90.2 Å². The van der Waals surface area contributed by atoms with Crippen molar-refractivity contribution in [2.45, 2.75) is 51.1 Å². The minimum absolute atomic E-state index is 0.0696. The van der Waals surface area contributed by atoms with Crippen LogP contribution in [0.4, 0.5) is 5.69 Å². The molecule has 0 aliphatic carbocycles. The van der Waals surface area contributed by atoms with Crippen LogP contribution in [0.15, 0.2) is 72.9 Å². The standard InChI is InChI=1S/C38H45Cl2N5O2/c1-43(2)23-27-19-29-20-31(39)12-13-36(29)45(24-27)38(47)35(21-30-22-41-34-10-6-4-8-32(30)34)42-37(46)14-11-26-15-17-44(18-16-26)25-28-7-3-5-9-33(28)40/h3-10,12-13,20,22,26-27,35,41H,11,14-19,21,23-25H2,1-2H3,(H,42,46)/t27-,35+/m0/s1. The molecule has 47 heavy (non-hydrogen) atoms. The van der Waals surface area contributed by atoms with Crippen LogP contribution in [0.5, 0.6) is 0 Å². The van der Waals surface area contributed by atoms with Gasteiger partial charge in [0.05, 0.1) is 0 Å². The van der Waals surface area contributed by atoms with E-state index in [1.165, 1.54) is 0 Å². The van der Waals surface area contributed by atoms with E-state index in [4.69, 9.17) is 23.2 Å². The third-order valence-corrected chi connectivity index (χ3v) is 10.3. The van der Waals surface area contributed by atoms with Gasteiger partial charge in [0, 0.05) is 65.3 Å². The van der Waals surface area contributed by atoms with Crippen LogP contribution >= 0.6 is 23.2 Å². The van der Waals surface area contributed by atoms with Gasteiger partial charge in [-0.15, -0.1) is 0 Å². The number of rotatable bonds is 11. The SMILES string of the molecule is CN(C)C[C@@H]1Cc2cc(Cl)ccc2N(C(=O)[C@@H](Cc2c[nH]c3ccccc23)NC(=O)CCC2CCN(Cc3ccccc3Cl)CC2)C1. The van der Waals surface area contributed by atoms with Crippen LogP contribution in [-0.2, 0) is 29.0 Å². The number of amides is 2. The molecule has 7 nitrogen and oxygen atoms in total. The maximum absolute atomic E-state index is 14.5. The number of fused-ring (bicyclic) bond motifs is 2. The van der Waals surface area contributed by atoms with Gasteiger partial charge in [0.15, 0.2) is 0 Å². The van der Waals surface area contributed by atoms with Gasteiger partial charge in [-0.3, -0.25) is 14.5 Å². The molecule has 2 aliphatic rings. The second kappa shape index (κ2) is 15.2. The lowest BCUT2D eigenvalue weighted by molar-refractivity contribution is -0.128. The van der Waals surface area contributed by atoms with Crippen molar-refractivity contribution in [1.29, 1.82) is 0 Å². The molecular weight excluding hydrogens is 629 g/mol. The number of H-pyrrole nitrogens is 1. The molecule has 3 heterocycles. The Morgan fingerprint density at radius 1 is 0.979 bits per heavy atom. The van der Waals surface area contributed by atoms with Crippen molar-refractivity contribution in [2.24, 2.45) is 11.8 Å². The number of para-hydroxylation sites is 1. The van der Waals surface area contributed by atoms with Crippen molar-refractivity contribution in [1.82, 2.24) is 20.1 Å². The maximum atomic E-state index is 14.5. The molecule has 2 aliphatic heterocycles. The summed E-state index contributed by atoms with van der Waals surface area (Å²) in [5.41, 5.74) is 5.15. The van der Waals surface area contributed by atoms with Crippen LogP contribution in [0.25, 0.3) is 10.9 Å². The number of nitrogens with one attached hydrogen (secondary N) is 2. The highest BCUT2D eigenvalue weighted by molar-refractivity contribution is 6.31. The first-order valence-electron chi connectivity index (χ1n) is 16.8. The smallest absolute Gasteiger partial charge is 0.249 e. The molecule has 6 rings (SSSR count). The first-order valence-corrected chi connectivity index (χ1v) is 17.5. The molecule has 0 saturated carbocycles. The fourth-order valence-electron chi connectivity index (χ4n) is 7.37. The van der Waals surface area contributed by atoms with E-state index in [0.29, 0.717) is 30.3 Å². The second-order valence-electron chi connectivity index (χ2n) is 13.6. The number of carbonyl (C=O) groups is 2. The van der Waals surface area contributed by atoms with Crippen LogP contribution in [0.1, 0.15) is 42.4 Å². The number of halogens is 2. The van der Waals surface area contributed by atoms with Crippen molar-refractivity contribution < 1.29 is 9.59 Å². The van der Waals surface area contributed by atoms with Crippen LogP contribution in [0.2, 0.25) is 10.0 Å². The number of hydrogen-bond donors (Lipinski definition) is 2. The van der Waals surface area contributed by atoms with Crippen molar-refractivity contribution in [3.05, 3.63) is 99.7 Å². The molecule has 0 spiro atoms. The number of anilines is 1. The predicted octanol–water partition coefficient (Wildman–Crippen LogP) is 6.96. The van der Waals surface area contributed by atoms with Gasteiger partial charge in [0.25, 0.3) is 0 Å². The molecule has 1 aromatic heterocycles. The fourth-order valence-corrected chi connectivity index (χ4v) is 7.76. The van der Waals surface area contributed by atoms with Gasteiger partial charge in [-0.2, -0.15) is 0 Å². The Morgan fingerprint density at radius 3 is 2.53 bits per heavy atom. The molecule has 2 amide bonds. The number of piperidine rings is 1. The Bertz CT molecular complexity index is 1700. The molecule has 9 heteroatoms. The van der Waals surface area contributed by atoms with E-state index >= 15 is 0 Å². The summed E-state index contributed by atoms with van der Waals surface area (Å²) in [6.07, 6.45) is 6.55. The summed E-state index contributed by atoms with van der Waals surface area (Å²) in [5.74, 6) is 0.591. The average Bonchev–Trinajstić information content (AvgIpc) is 3.46. The fraction of sp³-hybridized carbons (Fsp3) is 0.421. The summed E-state index contributed by atoms with van der Waals surface area (Å²) in [7, 11) is 4.12. The van der Waals surface area contributed by atoms with Crippen molar-refractivity contribution >= 4 is 51.6 Å². The normalized spacial score (nSPS) is 18.0. The zero-order valence-electron chi connectivity index (χ0n) is 27.4. The highest BCUT2D eigenvalue weighted by atomic mass is 35.5. The molecule has 1 fully saturated rings. The van der Waals surface area contributed by atoms with Crippen LogP contribution in [0.3, 0.4) is 0 Å². The van der Waals surface area contributed by atoms with E-state index in [1.54, 1.807) is 0 Å².